The lowest BCUT2D eigenvalue weighted by atomic mass is 10.1. The van der Waals surface area contributed by atoms with Crippen molar-refractivity contribution in [2.45, 2.75) is 70.6 Å². The molecule has 0 amide bonds. The van der Waals surface area contributed by atoms with E-state index in [1.54, 1.807) is 0 Å². The fourth-order valence-corrected chi connectivity index (χ4v) is 1.87. The van der Waals surface area contributed by atoms with Crippen molar-refractivity contribution in [3.8, 4) is 0 Å². The van der Waals surface area contributed by atoms with Crippen LogP contribution in [0.4, 0.5) is 0 Å². The fraction of sp³-hybridized carbons (Fsp3) is 1.00. The number of aliphatic hydroxyl groups excluding tert-OH is 1. The normalized spacial score (nSPS) is 10.9. The molecule has 0 spiro atoms. The molecule has 0 aromatic carbocycles. The minimum absolute atomic E-state index is 0.345. The molecule has 0 aliphatic carbocycles. The molecule has 3 nitrogen and oxygen atoms in total. The summed E-state index contributed by atoms with van der Waals surface area (Å²) in [6.07, 6.45) is 13.4. The molecule has 0 aromatic heterocycles. The average Bonchev–Trinajstić information content (AvgIpc) is 2.31. The Labute approximate surface area is 99.7 Å². The molecule has 0 atom stereocenters. The van der Waals surface area contributed by atoms with E-state index in [4.69, 9.17) is 10.4 Å². The van der Waals surface area contributed by atoms with Crippen molar-refractivity contribution in [1.29, 1.82) is 0 Å². The zero-order valence-electron chi connectivity index (χ0n) is 10.5. The predicted octanol–water partition coefficient (Wildman–Crippen LogP) is 3.76. The number of aliphatic hydroxyl groups is 1. The van der Waals surface area contributed by atoms with E-state index in [-0.39, 0.29) is 0 Å². The zero-order chi connectivity index (χ0) is 11.9. The Morgan fingerprint density at radius 2 is 0.938 bits per heavy atom. The maximum absolute atomic E-state index is 8.60. The zero-order valence-corrected chi connectivity index (χ0v) is 10.5. The third-order valence-electron chi connectivity index (χ3n) is 2.89. The second kappa shape index (κ2) is 14.9. The van der Waals surface area contributed by atoms with Gasteiger partial charge in [-0.1, -0.05) is 57.8 Å². The number of hydrogen-bond donors (Lipinski definition) is 2. The molecule has 0 saturated carbocycles. The smallest absolute Gasteiger partial charge is 0.0819 e. The molecule has 0 aromatic rings. The monoisotopic (exact) mass is 232 g/mol. The van der Waals surface area contributed by atoms with Crippen molar-refractivity contribution >= 4 is 0 Å². The summed E-state index contributed by atoms with van der Waals surface area (Å²) in [4.78, 5) is 4.02. The van der Waals surface area contributed by atoms with Gasteiger partial charge in [0.25, 0.3) is 0 Å². The van der Waals surface area contributed by atoms with Gasteiger partial charge in [0.1, 0.15) is 0 Å². The van der Waals surface area contributed by atoms with Crippen molar-refractivity contribution in [2.24, 2.45) is 0 Å². The van der Waals surface area contributed by atoms with Crippen LogP contribution in [0.5, 0.6) is 0 Å². The number of unbranched alkanes of at least 4 members (excludes halogenated alkanes) is 10. The van der Waals surface area contributed by atoms with Crippen LogP contribution < -0.4 is 0 Å². The summed E-state index contributed by atoms with van der Waals surface area (Å²) in [6.45, 7) is 0.822. The molecule has 0 rings (SSSR count). The van der Waals surface area contributed by atoms with Crippen molar-refractivity contribution in [3.63, 3.8) is 0 Å². The van der Waals surface area contributed by atoms with Gasteiger partial charge in [0.2, 0.25) is 0 Å². The van der Waals surface area contributed by atoms with Gasteiger partial charge in [-0.25, -0.2) is 4.89 Å². The highest BCUT2D eigenvalue weighted by Gasteiger charge is 1.93. The average molecular weight is 232 g/mol. The van der Waals surface area contributed by atoms with E-state index < -0.39 is 0 Å². The lowest BCUT2D eigenvalue weighted by Gasteiger charge is -2.02. The standard InChI is InChI=1S/C13H28O3/c14-12-10-8-6-4-2-1-3-5-7-9-11-13-16-15/h14-15H,1-13H2. The topological polar surface area (TPSA) is 49.7 Å². The first-order valence-electron chi connectivity index (χ1n) is 6.79. The first-order chi connectivity index (χ1) is 7.91. The molecule has 2 N–H and O–H groups in total. The second-order valence-corrected chi connectivity index (χ2v) is 4.45. The molecular formula is C13H28O3. The van der Waals surface area contributed by atoms with E-state index in [1.165, 1.54) is 51.4 Å². The van der Waals surface area contributed by atoms with Gasteiger partial charge in [0.05, 0.1) is 6.61 Å². The maximum Gasteiger partial charge on any atom is 0.0819 e. The highest BCUT2D eigenvalue weighted by Crippen LogP contribution is 2.11. The minimum Gasteiger partial charge on any atom is -0.396 e. The van der Waals surface area contributed by atoms with E-state index in [1.807, 2.05) is 0 Å². The van der Waals surface area contributed by atoms with E-state index in [2.05, 4.69) is 4.89 Å². The van der Waals surface area contributed by atoms with Crippen molar-refractivity contribution in [3.05, 3.63) is 0 Å². The molecule has 0 bridgehead atoms. The van der Waals surface area contributed by atoms with Crippen LogP contribution in [0.3, 0.4) is 0 Å². The molecule has 0 fully saturated rings. The first-order valence-corrected chi connectivity index (χ1v) is 6.79. The van der Waals surface area contributed by atoms with E-state index in [0.29, 0.717) is 13.2 Å². The van der Waals surface area contributed by atoms with Crippen LogP contribution in [0.1, 0.15) is 70.6 Å². The Morgan fingerprint density at radius 3 is 1.31 bits per heavy atom. The van der Waals surface area contributed by atoms with Gasteiger partial charge in [-0.3, -0.25) is 5.26 Å². The molecule has 0 saturated heterocycles. The lowest BCUT2D eigenvalue weighted by molar-refractivity contribution is -0.242. The first kappa shape index (κ1) is 15.9. The minimum atomic E-state index is 0.345. The molecule has 0 radical (unpaired) electrons. The van der Waals surface area contributed by atoms with Crippen LogP contribution in [0.25, 0.3) is 0 Å². The van der Waals surface area contributed by atoms with Crippen LogP contribution in [0, 0.1) is 0 Å². The third-order valence-corrected chi connectivity index (χ3v) is 2.89. The van der Waals surface area contributed by atoms with Gasteiger partial charge in [0.15, 0.2) is 0 Å². The van der Waals surface area contributed by atoms with Gasteiger partial charge < -0.3 is 5.11 Å². The Bertz CT molecular complexity index is 104. The molecule has 3 heteroatoms. The van der Waals surface area contributed by atoms with E-state index >= 15 is 0 Å². The van der Waals surface area contributed by atoms with Crippen molar-refractivity contribution in [2.75, 3.05) is 13.2 Å². The van der Waals surface area contributed by atoms with Crippen LogP contribution in [0.2, 0.25) is 0 Å². The Kier molecular flexibility index (Phi) is 14.8. The molecular weight excluding hydrogens is 204 g/mol. The molecule has 16 heavy (non-hydrogen) atoms. The summed E-state index contributed by atoms with van der Waals surface area (Å²) >= 11 is 0. The predicted molar refractivity (Wildman–Crippen MR) is 66.5 cm³/mol. The summed E-state index contributed by atoms with van der Waals surface area (Å²) in [6, 6.07) is 0. The van der Waals surface area contributed by atoms with E-state index in [0.717, 1.165) is 19.3 Å². The van der Waals surface area contributed by atoms with Crippen LogP contribution >= 0.6 is 0 Å². The maximum atomic E-state index is 8.60. The van der Waals surface area contributed by atoms with Gasteiger partial charge in [-0.2, -0.15) is 0 Å². The van der Waals surface area contributed by atoms with Gasteiger partial charge in [0, 0.05) is 6.61 Å². The SMILES string of the molecule is OCCCCCCCCCCCCCOO. The van der Waals surface area contributed by atoms with Crippen LogP contribution in [-0.2, 0) is 4.89 Å². The Balaban J connectivity index is 2.83. The van der Waals surface area contributed by atoms with Crippen LogP contribution in [-0.4, -0.2) is 23.6 Å². The third kappa shape index (κ3) is 13.9. The summed E-state index contributed by atoms with van der Waals surface area (Å²) in [7, 11) is 0. The second-order valence-electron chi connectivity index (χ2n) is 4.45. The number of hydrogen-bond acceptors (Lipinski definition) is 3. The molecule has 0 aliphatic heterocycles. The van der Waals surface area contributed by atoms with Crippen LogP contribution in [0.15, 0.2) is 0 Å². The fourth-order valence-electron chi connectivity index (χ4n) is 1.87. The molecule has 98 valence electrons. The highest BCUT2D eigenvalue weighted by atomic mass is 17.1. The van der Waals surface area contributed by atoms with Crippen molar-refractivity contribution < 1.29 is 15.3 Å². The summed E-state index contributed by atoms with van der Waals surface area (Å²) in [5.74, 6) is 0. The lowest BCUT2D eigenvalue weighted by Crippen LogP contribution is -1.89. The Morgan fingerprint density at radius 1 is 0.562 bits per heavy atom. The summed E-state index contributed by atoms with van der Waals surface area (Å²) in [5, 5.41) is 16.7. The Hall–Kier alpha value is -0.120. The highest BCUT2D eigenvalue weighted by molar-refractivity contribution is 4.48. The number of rotatable bonds is 13. The summed E-state index contributed by atoms with van der Waals surface area (Å²) in [5.41, 5.74) is 0. The molecule has 0 aliphatic rings. The van der Waals surface area contributed by atoms with Gasteiger partial charge >= 0.3 is 0 Å². The summed E-state index contributed by atoms with van der Waals surface area (Å²) < 4.78 is 0. The quantitative estimate of drug-likeness (QED) is 0.289. The van der Waals surface area contributed by atoms with Gasteiger partial charge in [-0.15, -0.1) is 0 Å². The largest absolute Gasteiger partial charge is 0.396 e. The van der Waals surface area contributed by atoms with Crippen molar-refractivity contribution in [1.82, 2.24) is 0 Å². The van der Waals surface area contributed by atoms with E-state index in [9.17, 15) is 0 Å². The molecule has 0 unspecified atom stereocenters. The van der Waals surface area contributed by atoms with Gasteiger partial charge in [-0.05, 0) is 12.8 Å². The molecule has 0 heterocycles.